The second kappa shape index (κ2) is 9.84. The van der Waals surface area contributed by atoms with Gasteiger partial charge in [0.1, 0.15) is 17.4 Å². The summed E-state index contributed by atoms with van der Waals surface area (Å²) < 4.78 is 28.4. The van der Waals surface area contributed by atoms with Crippen molar-refractivity contribution in [2.75, 3.05) is 28.4 Å². The van der Waals surface area contributed by atoms with Gasteiger partial charge in [0.15, 0.2) is 23.0 Å². The molecule has 0 aromatic heterocycles. The van der Waals surface area contributed by atoms with Gasteiger partial charge < -0.3 is 29.4 Å². The standard InChI is InChI=1S/C27H28N2O5/c1-30-21-12-6-9-17(25(21)32-3)14-16-8-5-10-18-23(20(15-28)27(29)34-24(16)18)19-11-7-13-22(31-2)26(19)33-4/h6-7,9,11-14,23H,5,8,10,29H2,1-4H3/b16-14+/t23-/m1/s1. The van der Waals surface area contributed by atoms with Crippen molar-refractivity contribution in [1.29, 1.82) is 5.26 Å². The minimum Gasteiger partial charge on any atom is -0.493 e. The topological polar surface area (TPSA) is 96.0 Å². The van der Waals surface area contributed by atoms with E-state index in [1.807, 2.05) is 42.5 Å². The van der Waals surface area contributed by atoms with Gasteiger partial charge in [0, 0.05) is 11.1 Å². The molecule has 1 heterocycles. The molecule has 4 rings (SSSR count). The van der Waals surface area contributed by atoms with Gasteiger partial charge in [-0.05, 0) is 48.6 Å². The van der Waals surface area contributed by atoms with Crippen LogP contribution >= 0.6 is 0 Å². The molecule has 0 amide bonds. The summed E-state index contributed by atoms with van der Waals surface area (Å²) in [6.07, 6.45) is 4.52. The molecule has 2 aromatic rings. The molecule has 0 bridgehead atoms. The highest BCUT2D eigenvalue weighted by Crippen LogP contribution is 2.50. The quantitative estimate of drug-likeness (QED) is 0.644. The zero-order valence-electron chi connectivity index (χ0n) is 19.8. The van der Waals surface area contributed by atoms with E-state index >= 15 is 0 Å². The molecule has 0 radical (unpaired) electrons. The predicted molar refractivity (Wildman–Crippen MR) is 129 cm³/mol. The molecule has 0 fully saturated rings. The summed E-state index contributed by atoms with van der Waals surface area (Å²) in [6.45, 7) is 0. The van der Waals surface area contributed by atoms with Gasteiger partial charge in [-0.15, -0.1) is 0 Å². The van der Waals surface area contributed by atoms with E-state index in [0.29, 0.717) is 34.3 Å². The summed E-state index contributed by atoms with van der Waals surface area (Å²) in [7, 11) is 6.42. The largest absolute Gasteiger partial charge is 0.493 e. The molecule has 7 nitrogen and oxygen atoms in total. The van der Waals surface area contributed by atoms with E-state index in [4.69, 9.17) is 29.4 Å². The average molecular weight is 461 g/mol. The van der Waals surface area contributed by atoms with Gasteiger partial charge in [-0.1, -0.05) is 24.3 Å². The molecule has 1 atom stereocenters. The van der Waals surface area contributed by atoms with Gasteiger partial charge in [-0.3, -0.25) is 0 Å². The Labute approximate surface area is 199 Å². The second-order valence-corrected chi connectivity index (χ2v) is 7.97. The van der Waals surface area contributed by atoms with Gasteiger partial charge in [-0.25, -0.2) is 0 Å². The van der Waals surface area contributed by atoms with Crippen LogP contribution in [0.1, 0.15) is 36.3 Å². The van der Waals surface area contributed by atoms with Crippen LogP contribution in [-0.2, 0) is 4.74 Å². The summed E-state index contributed by atoms with van der Waals surface area (Å²) in [5, 5.41) is 9.99. The van der Waals surface area contributed by atoms with Gasteiger partial charge in [0.2, 0.25) is 5.88 Å². The number of benzene rings is 2. The summed E-state index contributed by atoms with van der Waals surface area (Å²) in [6, 6.07) is 13.7. The molecule has 1 aliphatic heterocycles. The molecule has 7 heteroatoms. The van der Waals surface area contributed by atoms with E-state index in [1.165, 1.54) is 0 Å². The Hall–Kier alpha value is -4.05. The SMILES string of the molecule is COc1cccc(/C=C2\CCCC3=C2OC(N)=C(C#N)[C@H]3c2cccc(OC)c2OC)c1OC. The Morgan fingerprint density at radius 2 is 1.62 bits per heavy atom. The zero-order valence-corrected chi connectivity index (χ0v) is 19.8. The molecule has 2 aliphatic rings. The van der Waals surface area contributed by atoms with Crippen LogP contribution in [0.5, 0.6) is 23.0 Å². The fourth-order valence-corrected chi connectivity index (χ4v) is 4.74. The number of ether oxygens (including phenoxy) is 5. The number of hydrogen-bond acceptors (Lipinski definition) is 7. The first kappa shape index (κ1) is 23.1. The fourth-order valence-electron chi connectivity index (χ4n) is 4.74. The first-order valence-corrected chi connectivity index (χ1v) is 11.0. The predicted octanol–water partition coefficient (Wildman–Crippen LogP) is 5.05. The van der Waals surface area contributed by atoms with Crippen LogP contribution in [0, 0.1) is 11.3 Å². The number of methoxy groups -OCH3 is 4. The minimum atomic E-state index is -0.394. The molecule has 0 spiro atoms. The lowest BCUT2D eigenvalue weighted by Gasteiger charge is -2.34. The van der Waals surface area contributed by atoms with Crippen LogP contribution < -0.4 is 24.7 Å². The Morgan fingerprint density at radius 3 is 2.26 bits per heavy atom. The fraction of sp³-hybridized carbons (Fsp3) is 0.296. The first-order chi connectivity index (χ1) is 16.6. The first-order valence-electron chi connectivity index (χ1n) is 11.0. The van der Waals surface area contributed by atoms with Crippen molar-refractivity contribution in [3.05, 3.63) is 75.9 Å². The van der Waals surface area contributed by atoms with Crippen LogP contribution in [0.25, 0.3) is 6.08 Å². The maximum atomic E-state index is 9.99. The second-order valence-electron chi connectivity index (χ2n) is 7.97. The van der Waals surface area contributed by atoms with Crippen molar-refractivity contribution < 1.29 is 23.7 Å². The average Bonchev–Trinajstić information content (AvgIpc) is 2.87. The molecule has 1 aliphatic carbocycles. The van der Waals surface area contributed by atoms with Crippen molar-refractivity contribution in [2.45, 2.75) is 25.2 Å². The molecule has 2 N–H and O–H groups in total. The summed E-state index contributed by atoms with van der Waals surface area (Å²) in [5.41, 5.74) is 10.3. The normalized spacial score (nSPS) is 18.7. The minimum absolute atomic E-state index is 0.0986. The Balaban J connectivity index is 1.90. The molecule has 0 saturated heterocycles. The lowest BCUT2D eigenvalue weighted by Crippen LogP contribution is -2.24. The number of nitrogens with zero attached hydrogens (tertiary/aromatic N) is 1. The van der Waals surface area contributed by atoms with Crippen LogP contribution in [0.3, 0.4) is 0 Å². The van der Waals surface area contributed by atoms with E-state index in [0.717, 1.165) is 41.5 Å². The highest BCUT2D eigenvalue weighted by Gasteiger charge is 2.37. The van der Waals surface area contributed by atoms with Gasteiger partial charge in [0.25, 0.3) is 0 Å². The third-order valence-electron chi connectivity index (χ3n) is 6.22. The van der Waals surface area contributed by atoms with Crippen LogP contribution in [0.15, 0.2) is 64.8 Å². The van der Waals surface area contributed by atoms with Crippen LogP contribution in [0.2, 0.25) is 0 Å². The molecular weight excluding hydrogens is 432 g/mol. The number of hydrogen-bond donors (Lipinski definition) is 1. The van der Waals surface area contributed by atoms with Crippen LogP contribution in [-0.4, -0.2) is 28.4 Å². The van der Waals surface area contributed by atoms with Crippen LogP contribution in [0.4, 0.5) is 0 Å². The van der Waals surface area contributed by atoms with Gasteiger partial charge in [-0.2, -0.15) is 5.26 Å². The van der Waals surface area contributed by atoms with Crippen molar-refractivity contribution in [3.8, 4) is 29.1 Å². The monoisotopic (exact) mass is 460 g/mol. The molecule has 176 valence electrons. The van der Waals surface area contributed by atoms with Gasteiger partial charge >= 0.3 is 0 Å². The van der Waals surface area contributed by atoms with E-state index in [2.05, 4.69) is 6.07 Å². The number of nitrogens with two attached hydrogens (primary N) is 1. The third-order valence-corrected chi connectivity index (χ3v) is 6.22. The molecule has 2 aromatic carbocycles. The smallest absolute Gasteiger partial charge is 0.205 e. The third kappa shape index (κ3) is 3.92. The Bertz CT molecular complexity index is 1240. The summed E-state index contributed by atoms with van der Waals surface area (Å²) in [5.74, 6) is 2.87. The van der Waals surface area contributed by atoms with Gasteiger partial charge in [0.05, 0.1) is 34.4 Å². The Kier molecular flexibility index (Phi) is 6.69. The van der Waals surface area contributed by atoms with Crippen molar-refractivity contribution in [2.24, 2.45) is 5.73 Å². The Morgan fingerprint density at radius 1 is 0.941 bits per heavy atom. The van der Waals surface area contributed by atoms with Crippen molar-refractivity contribution in [3.63, 3.8) is 0 Å². The lowest BCUT2D eigenvalue weighted by atomic mass is 9.76. The molecule has 0 saturated carbocycles. The summed E-state index contributed by atoms with van der Waals surface area (Å²) in [4.78, 5) is 0. The van der Waals surface area contributed by atoms with E-state index in [1.54, 1.807) is 28.4 Å². The number of allylic oxidation sites excluding steroid dienone is 3. The maximum Gasteiger partial charge on any atom is 0.205 e. The van der Waals surface area contributed by atoms with E-state index in [-0.39, 0.29) is 5.88 Å². The molecule has 0 unspecified atom stereocenters. The number of rotatable bonds is 6. The zero-order chi connectivity index (χ0) is 24.2. The van der Waals surface area contributed by atoms with E-state index in [9.17, 15) is 5.26 Å². The van der Waals surface area contributed by atoms with Crippen molar-refractivity contribution >= 4 is 6.08 Å². The van der Waals surface area contributed by atoms with Crippen molar-refractivity contribution in [1.82, 2.24) is 0 Å². The highest BCUT2D eigenvalue weighted by atomic mass is 16.5. The molecular formula is C27H28N2O5. The maximum absolute atomic E-state index is 9.99. The number of nitriles is 1. The number of para-hydroxylation sites is 2. The summed E-state index contributed by atoms with van der Waals surface area (Å²) >= 11 is 0. The molecule has 34 heavy (non-hydrogen) atoms. The highest BCUT2D eigenvalue weighted by molar-refractivity contribution is 5.69. The lowest BCUT2D eigenvalue weighted by molar-refractivity contribution is 0.276. The van der Waals surface area contributed by atoms with E-state index < -0.39 is 5.92 Å².